The Hall–Kier alpha value is -1.75. The average molecular weight is 275 g/mol. The Labute approximate surface area is 117 Å². The van der Waals surface area contributed by atoms with Crippen LogP contribution in [0.1, 0.15) is 37.6 Å². The molecule has 0 bridgehead atoms. The van der Waals surface area contributed by atoms with E-state index in [4.69, 9.17) is 4.52 Å². The topological polar surface area (TPSA) is 51.0 Å². The number of rotatable bonds is 3. The molecule has 1 fully saturated rings. The standard InChI is InChI=1S/C15H18FN3O/c1-3-15(7-4-8-17-15)14-18-13(19-20-14)11-6-5-10(2)12(16)9-11/h5-6,9,17H,3-4,7-8H2,1-2H3. The fourth-order valence-electron chi connectivity index (χ4n) is 2.71. The van der Waals surface area contributed by atoms with Crippen LogP contribution in [0.5, 0.6) is 0 Å². The number of nitrogens with zero attached hydrogens (tertiary/aromatic N) is 2. The first-order valence-corrected chi connectivity index (χ1v) is 7.00. The van der Waals surface area contributed by atoms with Gasteiger partial charge >= 0.3 is 0 Å². The van der Waals surface area contributed by atoms with E-state index in [0.29, 0.717) is 22.8 Å². The Morgan fingerprint density at radius 1 is 1.45 bits per heavy atom. The van der Waals surface area contributed by atoms with Crippen LogP contribution in [-0.4, -0.2) is 16.7 Å². The van der Waals surface area contributed by atoms with E-state index in [1.54, 1.807) is 13.0 Å². The molecule has 1 saturated heterocycles. The van der Waals surface area contributed by atoms with Crippen LogP contribution in [-0.2, 0) is 5.54 Å². The molecule has 0 spiro atoms. The van der Waals surface area contributed by atoms with E-state index in [1.807, 2.05) is 6.07 Å². The van der Waals surface area contributed by atoms with E-state index in [-0.39, 0.29) is 11.4 Å². The molecule has 106 valence electrons. The summed E-state index contributed by atoms with van der Waals surface area (Å²) < 4.78 is 19.0. The molecule has 1 aliphatic heterocycles. The molecule has 0 saturated carbocycles. The van der Waals surface area contributed by atoms with Crippen LogP contribution in [0.2, 0.25) is 0 Å². The van der Waals surface area contributed by atoms with Gasteiger partial charge in [0.15, 0.2) is 0 Å². The van der Waals surface area contributed by atoms with E-state index in [9.17, 15) is 4.39 Å². The molecule has 0 aliphatic carbocycles. The van der Waals surface area contributed by atoms with Crippen LogP contribution in [0.15, 0.2) is 22.7 Å². The maximum absolute atomic E-state index is 13.6. The summed E-state index contributed by atoms with van der Waals surface area (Å²) in [6, 6.07) is 4.99. The first-order valence-electron chi connectivity index (χ1n) is 7.00. The molecular formula is C15H18FN3O. The normalized spacial score (nSPS) is 22.4. The molecule has 5 heteroatoms. The summed E-state index contributed by atoms with van der Waals surface area (Å²) >= 11 is 0. The van der Waals surface area contributed by atoms with Crippen LogP contribution < -0.4 is 5.32 Å². The van der Waals surface area contributed by atoms with Crippen LogP contribution >= 0.6 is 0 Å². The quantitative estimate of drug-likeness (QED) is 0.934. The zero-order chi connectivity index (χ0) is 14.2. The number of aromatic nitrogens is 2. The van der Waals surface area contributed by atoms with Crippen molar-refractivity contribution in [2.24, 2.45) is 0 Å². The van der Waals surface area contributed by atoms with Gasteiger partial charge in [-0.15, -0.1) is 0 Å². The van der Waals surface area contributed by atoms with Gasteiger partial charge in [0.1, 0.15) is 5.82 Å². The Morgan fingerprint density at radius 3 is 2.95 bits per heavy atom. The lowest BCUT2D eigenvalue weighted by Gasteiger charge is -2.22. The fourth-order valence-corrected chi connectivity index (χ4v) is 2.71. The van der Waals surface area contributed by atoms with Crippen molar-refractivity contribution in [3.8, 4) is 11.4 Å². The Kier molecular flexibility index (Phi) is 3.30. The summed E-state index contributed by atoms with van der Waals surface area (Å²) in [6.45, 7) is 4.80. The SMILES string of the molecule is CCC1(c2nc(-c3ccc(C)c(F)c3)no2)CCCN1. The number of aryl methyl sites for hydroxylation is 1. The van der Waals surface area contributed by atoms with Gasteiger partial charge in [-0.1, -0.05) is 24.2 Å². The molecule has 2 heterocycles. The third-order valence-electron chi connectivity index (χ3n) is 4.11. The number of hydrogen-bond acceptors (Lipinski definition) is 4. The predicted octanol–water partition coefficient (Wildman–Crippen LogP) is 3.17. The molecule has 3 rings (SSSR count). The minimum atomic E-state index is -0.252. The number of nitrogens with one attached hydrogen (secondary N) is 1. The molecule has 0 radical (unpaired) electrons. The summed E-state index contributed by atoms with van der Waals surface area (Å²) in [6.07, 6.45) is 3.00. The van der Waals surface area contributed by atoms with Crippen molar-refractivity contribution in [1.82, 2.24) is 15.5 Å². The van der Waals surface area contributed by atoms with Crippen molar-refractivity contribution in [1.29, 1.82) is 0 Å². The third kappa shape index (κ3) is 2.12. The summed E-state index contributed by atoms with van der Waals surface area (Å²) in [7, 11) is 0. The number of hydrogen-bond donors (Lipinski definition) is 1. The van der Waals surface area contributed by atoms with Gasteiger partial charge in [-0.2, -0.15) is 4.98 Å². The first-order chi connectivity index (χ1) is 9.64. The smallest absolute Gasteiger partial charge is 0.247 e. The van der Waals surface area contributed by atoms with Gasteiger partial charge in [-0.25, -0.2) is 4.39 Å². The van der Waals surface area contributed by atoms with Crippen LogP contribution in [0, 0.1) is 12.7 Å². The van der Waals surface area contributed by atoms with Crippen molar-refractivity contribution in [2.75, 3.05) is 6.54 Å². The van der Waals surface area contributed by atoms with Gasteiger partial charge in [0.25, 0.3) is 0 Å². The van der Waals surface area contributed by atoms with Crippen molar-refractivity contribution in [3.63, 3.8) is 0 Å². The predicted molar refractivity (Wildman–Crippen MR) is 73.6 cm³/mol. The van der Waals surface area contributed by atoms with Crippen molar-refractivity contribution in [3.05, 3.63) is 35.5 Å². The van der Waals surface area contributed by atoms with E-state index in [2.05, 4.69) is 22.4 Å². The summed E-state index contributed by atoms with van der Waals surface area (Å²) in [5.41, 5.74) is 1.04. The fraction of sp³-hybridized carbons (Fsp3) is 0.467. The van der Waals surface area contributed by atoms with Gasteiger partial charge in [0.05, 0.1) is 5.54 Å². The minimum absolute atomic E-state index is 0.214. The van der Waals surface area contributed by atoms with Gasteiger partial charge in [-0.05, 0) is 44.4 Å². The molecule has 1 unspecified atom stereocenters. The van der Waals surface area contributed by atoms with Gasteiger partial charge in [-0.3, -0.25) is 0 Å². The molecule has 0 amide bonds. The molecule has 1 atom stereocenters. The molecule has 4 nitrogen and oxygen atoms in total. The second-order valence-electron chi connectivity index (χ2n) is 5.35. The largest absolute Gasteiger partial charge is 0.337 e. The number of benzene rings is 1. The third-order valence-corrected chi connectivity index (χ3v) is 4.11. The van der Waals surface area contributed by atoms with Crippen LogP contribution in [0.4, 0.5) is 4.39 Å². The van der Waals surface area contributed by atoms with Gasteiger partial charge in [0.2, 0.25) is 11.7 Å². The van der Waals surface area contributed by atoms with E-state index in [0.717, 1.165) is 25.8 Å². The second-order valence-corrected chi connectivity index (χ2v) is 5.35. The lowest BCUT2D eigenvalue weighted by atomic mass is 9.94. The molecule has 1 aliphatic rings. The van der Waals surface area contributed by atoms with E-state index < -0.39 is 0 Å². The van der Waals surface area contributed by atoms with Crippen molar-refractivity contribution in [2.45, 2.75) is 38.6 Å². The molecule has 1 aromatic carbocycles. The maximum Gasteiger partial charge on any atom is 0.247 e. The summed E-state index contributed by atoms with van der Waals surface area (Å²) in [5, 5.41) is 7.45. The van der Waals surface area contributed by atoms with Gasteiger partial charge < -0.3 is 9.84 Å². The monoisotopic (exact) mass is 275 g/mol. The lowest BCUT2D eigenvalue weighted by molar-refractivity contribution is 0.250. The zero-order valence-corrected chi connectivity index (χ0v) is 11.7. The van der Waals surface area contributed by atoms with E-state index >= 15 is 0 Å². The molecule has 1 aromatic heterocycles. The van der Waals surface area contributed by atoms with E-state index in [1.165, 1.54) is 6.07 Å². The Morgan fingerprint density at radius 2 is 2.30 bits per heavy atom. The lowest BCUT2D eigenvalue weighted by Crippen LogP contribution is -2.36. The van der Waals surface area contributed by atoms with Crippen molar-refractivity contribution < 1.29 is 8.91 Å². The number of halogens is 1. The molecule has 20 heavy (non-hydrogen) atoms. The zero-order valence-electron chi connectivity index (χ0n) is 11.7. The first kappa shape index (κ1) is 13.2. The minimum Gasteiger partial charge on any atom is -0.337 e. The van der Waals surface area contributed by atoms with Gasteiger partial charge in [0, 0.05) is 5.56 Å². The molecule has 1 N–H and O–H groups in total. The Balaban J connectivity index is 1.95. The maximum atomic E-state index is 13.6. The highest BCUT2D eigenvalue weighted by molar-refractivity contribution is 5.55. The second kappa shape index (κ2) is 4.98. The summed E-state index contributed by atoms with van der Waals surface area (Å²) in [5.74, 6) is 0.798. The Bertz CT molecular complexity index is 617. The highest BCUT2D eigenvalue weighted by Gasteiger charge is 2.38. The highest BCUT2D eigenvalue weighted by Crippen LogP contribution is 2.33. The summed E-state index contributed by atoms with van der Waals surface area (Å²) in [4.78, 5) is 4.47. The molecule has 2 aromatic rings. The van der Waals surface area contributed by atoms with Crippen LogP contribution in [0.25, 0.3) is 11.4 Å². The van der Waals surface area contributed by atoms with Crippen LogP contribution in [0.3, 0.4) is 0 Å². The average Bonchev–Trinajstić information content (AvgIpc) is 3.10. The highest BCUT2D eigenvalue weighted by atomic mass is 19.1. The molecular weight excluding hydrogens is 257 g/mol. The van der Waals surface area contributed by atoms with Crippen molar-refractivity contribution >= 4 is 0 Å².